The fraction of sp³-hybridized carbons (Fsp3) is 0.267. The molecule has 9 heteroatoms. The predicted molar refractivity (Wildman–Crippen MR) is 154 cm³/mol. The molecule has 0 aliphatic heterocycles. The van der Waals surface area contributed by atoms with Crippen LogP contribution in [-0.4, -0.2) is 31.2 Å². The summed E-state index contributed by atoms with van der Waals surface area (Å²) in [6.45, 7) is 4.10. The molecule has 1 aliphatic rings. The Morgan fingerprint density at radius 2 is 1.72 bits per heavy atom. The first-order valence-electron chi connectivity index (χ1n) is 13.5. The van der Waals surface area contributed by atoms with Gasteiger partial charge < -0.3 is 9.88 Å². The molecule has 0 saturated heterocycles. The maximum Gasteiger partial charge on any atom is 0.337 e. The van der Waals surface area contributed by atoms with Crippen LogP contribution in [0.3, 0.4) is 0 Å². The molecule has 0 radical (unpaired) electrons. The van der Waals surface area contributed by atoms with E-state index in [2.05, 4.69) is 72.5 Å². The molecule has 3 aromatic carbocycles. The van der Waals surface area contributed by atoms with Crippen LogP contribution in [0.15, 0.2) is 66.7 Å². The largest absolute Gasteiger partial charge is 0.340 e. The number of rotatable bonds is 6. The Balaban J connectivity index is 1.40. The molecule has 4 N–H and O–H groups in total. The van der Waals surface area contributed by atoms with Crippen molar-refractivity contribution in [3.05, 3.63) is 78.0 Å². The van der Waals surface area contributed by atoms with Gasteiger partial charge in [0.2, 0.25) is 5.82 Å². The summed E-state index contributed by atoms with van der Waals surface area (Å²) in [6.07, 6.45) is 6.03. The van der Waals surface area contributed by atoms with Crippen LogP contribution in [-0.2, 0) is 0 Å². The second-order valence-electron chi connectivity index (χ2n) is 10.2. The van der Waals surface area contributed by atoms with Gasteiger partial charge in [-0.05, 0) is 66.8 Å². The molecule has 0 spiro atoms. The number of hydrazine groups is 1. The number of urea groups is 1. The Kier molecular flexibility index (Phi) is 6.71. The van der Waals surface area contributed by atoms with Gasteiger partial charge >= 0.3 is 6.03 Å². The maximum atomic E-state index is 13.1. The summed E-state index contributed by atoms with van der Waals surface area (Å²) in [4.78, 5) is 13.1. The van der Waals surface area contributed by atoms with Crippen molar-refractivity contribution in [3.63, 3.8) is 0 Å². The van der Waals surface area contributed by atoms with E-state index < -0.39 is 0 Å². The van der Waals surface area contributed by atoms with Gasteiger partial charge in [0.15, 0.2) is 0 Å². The minimum absolute atomic E-state index is 0.318. The van der Waals surface area contributed by atoms with Crippen molar-refractivity contribution in [1.82, 2.24) is 30.6 Å². The molecule has 9 nitrogen and oxygen atoms in total. The first-order chi connectivity index (χ1) is 19.1. The summed E-state index contributed by atoms with van der Waals surface area (Å²) in [5, 5.41) is 18.8. The third kappa shape index (κ3) is 4.83. The van der Waals surface area contributed by atoms with Crippen molar-refractivity contribution >= 4 is 28.3 Å². The molecule has 6 rings (SSSR count). The van der Waals surface area contributed by atoms with E-state index in [-0.39, 0.29) is 6.03 Å². The van der Waals surface area contributed by atoms with Crippen molar-refractivity contribution in [2.75, 3.05) is 10.7 Å². The molecule has 1 aliphatic carbocycles. The Bertz CT molecular complexity index is 1620. The zero-order valence-corrected chi connectivity index (χ0v) is 22.2. The number of nitrogens with zero attached hydrogens (tertiary/aromatic N) is 4. The van der Waals surface area contributed by atoms with Gasteiger partial charge in [-0.3, -0.25) is 10.9 Å². The van der Waals surface area contributed by atoms with E-state index in [9.17, 15) is 4.79 Å². The fourth-order valence-corrected chi connectivity index (χ4v) is 5.77. The number of carbonyl (C=O) groups excluding carboxylic acids is 1. The van der Waals surface area contributed by atoms with Gasteiger partial charge in [0.1, 0.15) is 0 Å². The smallest absolute Gasteiger partial charge is 0.337 e. The predicted octanol–water partition coefficient (Wildman–Crippen LogP) is 6.76. The molecule has 0 atom stereocenters. The third-order valence-electron chi connectivity index (χ3n) is 7.71. The number of carbonyl (C=O) groups is 1. The van der Waals surface area contributed by atoms with Crippen LogP contribution in [0.2, 0.25) is 0 Å². The molecular formula is C30H32N8O. The number of hydrogen-bond acceptors (Lipinski definition) is 5. The first kappa shape index (κ1) is 24.7. The normalized spacial score (nSPS) is 13.9. The average Bonchev–Trinajstić information content (AvgIpc) is 3.60. The lowest BCUT2D eigenvalue weighted by Gasteiger charge is -2.26. The average molecular weight is 521 g/mol. The Morgan fingerprint density at radius 1 is 0.949 bits per heavy atom. The molecule has 0 bridgehead atoms. The number of nitrogens with one attached hydrogen (secondary N) is 4. The number of anilines is 2. The van der Waals surface area contributed by atoms with Crippen LogP contribution in [0.1, 0.15) is 49.4 Å². The topological polar surface area (TPSA) is 113 Å². The van der Waals surface area contributed by atoms with E-state index in [0.29, 0.717) is 11.9 Å². The summed E-state index contributed by atoms with van der Waals surface area (Å²) in [5.41, 5.74) is 13.7. The lowest BCUT2D eigenvalue weighted by atomic mass is 9.95. The van der Waals surface area contributed by atoms with E-state index in [4.69, 9.17) is 0 Å². The highest BCUT2D eigenvalue weighted by Gasteiger charge is 2.24. The van der Waals surface area contributed by atoms with Gasteiger partial charge in [-0.25, -0.2) is 4.79 Å². The molecule has 2 heterocycles. The molecule has 39 heavy (non-hydrogen) atoms. The van der Waals surface area contributed by atoms with Gasteiger partial charge in [0.25, 0.3) is 0 Å². The number of aromatic amines is 1. The second-order valence-corrected chi connectivity index (χ2v) is 10.2. The number of hydrogen-bond donors (Lipinski definition) is 4. The van der Waals surface area contributed by atoms with Crippen LogP contribution in [0, 0.1) is 13.8 Å². The van der Waals surface area contributed by atoms with Gasteiger partial charge in [0, 0.05) is 22.7 Å². The molecule has 1 saturated carbocycles. The molecule has 5 aromatic rings. The van der Waals surface area contributed by atoms with E-state index in [1.807, 2.05) is 49.4 Å². The molecule has 0 unspecified atom stereocenters. The number of aryl methyl sites for hydroxylation is 1. The van der Waals surface area contributed by atoms with Crippen molar-refractivity contribution in [2.24, 2.45) is 0 Å². The number of para-hydroxylation sites is 1. The van der Waals surface area contributed by atoms with E-state index in [1.54, 1.807) is 0 Å². The van der Waals surface area contributed by atoms with Crippen molar-refractivity contribution in [1.29, 1.82) is 0 Å². The van der Waals surface area contributed by atoms with Crippen LogP contribution < -0.4 is 16.2 Å². The van der Waals surface area contributed by atoms with Gasteiger partial charge in [-0.2, -0.15) is 5.21 Å². The van der Waals surface area contributed by atoms with Crippen LogP contribution in [0.5, 0.6) is 0 Å². The highest BCUT2D eigenvalue weighted by molar-refractivity contribution is 6.05. The third-order valence-corrected chi connectivity index (χ3v) is 7.71. The number of tetrazole rings is 1. The SMILES string of the molecule is Cc1ccccc1NNC(=O)Nc1c(C)n(C2CCCCC2)c2ccc(-c3ccccc3-c3nn[nH]n3)cc12. The number of H-pyrrole nitrogens is 1. The van der Waals surface area contributed by atoms with Gasteiger partial charge in [-0.1, -0.05) is 67.8 Å². The fourth-order valence-electron chi connectivity index (χ4n) is 5.77. The lowest BCUT2D eigenvalue weighted by molar-refractivity contribution is 0.254. The number of fused-ring (bicyclic) bond motifs is 1. The van der Waals surface area contributed by atoms with Crippen LogP contribution in [0.25, 0.3) is 33.4 Å². The Labute approximate surface area is 227 Å². The lowest BCUT2D eigenvalue weighted by Crippen LogP contribution is -2.34. The highest BCUT2D eigenvalue weighted by Crippen LogP contribution is 2.41. The van der Waals surface area contributed by atoms with Gasteiger partial charge in [-0.15, -0.1) is 10.2 Å². The zero-order valence-electron chi connectivity index (χ0n) is 22.2. The maximum absolute atomic E-state index is 13.1. The Morgan fingerprint density at radius 3 is 2.49 bits per heavy atom. The molecule has 2 amide bonds. The monoisotopic (exact) mass is 520 g/mol. The molecule has 198 valence electrons. The highest BCUT2D eigenvalue weighted by atomic mass is 16.2. The summed E-state index contributed by atoms with van der Waals surface area (Å²) in [7, 11) is 0. The van der Waals surface area contributed by atoms with Crippen LogP contribution in [0.4, 0.5) is 16.2 Å². The Hall–Kier alpha value is -4.66. The van der Waals surface area contributed by atoms with Crippen molar-refractivity contribution in [3.8, 4) is 22.5 Å². The van der Waals surface area contributed by atoms with Gasteiger partial charge in [0.05, 0.1) is 16.9 Å². The van der Waals surface area contributed by atoms with E-state index in [0.717, 1.165) is 63.1 Å². The number of benzene rings is 3. The number of aromatic nitrogens is 5. The number of amides is 2. The standard InChI is InChI=1S/C30H32N8O/c1-19-10-6-9-15-26(19)32-35-30(39)31-28-20(2)38(22-11-4-3-5-12-22)27-17-16-21(18-25(27)28)23-13-7-8-14-24(23)29-33-36-37-34-29/h6-10,13-18,22,32H,3-5,11-12H2,1-2H3,(H2,31,35,39)(H,33,34,36,37). The summed E-state index contributed by atoms with van der Waals surface area (Å²) >= 11 is 0. The second kappa shape index (κ2) is 10.6. The minimum atomic E-state index is -0.318. The molecule has 1 fully saturated rings. The summed E-state index contributed by atoms with van der Waals surface area (Å²) in [6, 6.07) is 22.4. The first-order valence-corrected chi connectivity index (χ1v) is 13.5. The summed E-state index contributed by atoms with van der Waals surface area (Å²) < 4.78 is 2.42. The quantitative estimate of drug-likeness (QED) is 0.185. The van der Waals surface area contributed by atoms with Crippen molar-refractivity contribution in [2.45, 2.75) is 52.0 Å². The van der Waals surface area contributed by atoms with E-state index in [1.165, 1.54) is 19.3 Å². The molecule has 2 aromatic heterocycles. The minimum Gasteiger partial charge on any atom is -0.340 e. The summed E-state index contributed by atoms with van der Waals surface area (Å²) in [5.74, 6) is 0.543. The van der Waals surface area contributed by atoms with E-state index >= 15 is 0 Å². The zero-order chi connectivity index (χ0) is 26.8. The van der Waals surface area contributed by atoms with Crippen molar-refractivity contribution < 1.29 is 4.79 Å². The molecular weight excluding hydrogens is 488 g/mol. The van der Waals surface area contributed by atoms with Crippen LogP contribution >= 0.6 is 0 Å².